The summed E-state index contributed by atoms with van der Waals surface area (Å²) < 4.78 is 38.1. The normalized spacial score (nSPS) is 13.5. The minimum atomic E-state index is -4.34. The summed E-state index contributed by atoms with van der Waals surface area (Å²) in [5, 5.41) is 11.3. The van der Waals surface area contributed by atoms with Gasteiger partial charge in [0.05, 0.1) is 12.0 Å². The van der Waals surface area contributed by atoms with E-state index in [0.29, 0.717) is 17.8 Å². The first-order valence-electron chi connectivity index (χ1n) is 5.27. The van der Waals surface area contributed by atoms with Crippen LogP contribution in [-0.4, -0.2) is 17.0 Å². The molecule has 0 heterocycles. The van der Waals surface area contributed by atoms with E-state index in [2.05, 4.69) is 0 Å². The maximum atomic E-state index is 12.5. The molecule has 0 atom stereocenters. The lowest BCUT2D eigenvalue weighted by atomic mass is 10.1. The van der Waals surface area contributed by atoms with Crippen molar-refractivity contribution in [1.29, 1.82) is 0 Å². The quantitative estimate of drug-likeness (QED) is 0.347. The van der Waals surface area contributed by atoms with E-state index in [1.165, 1.54) is 6.07 Å². The van der Waals surface area contributed by atoms with Crippen LogP contribution in [0, 0.1) is 5.21 Å². The smallest absolute Gasteiger partial charge is 0.416 e. The zero-order valence-electron chi connectivity index (χ0n) is 9.71. The van der Waals surface area contributed by atoms with Gasteiger partial charge in [0, 0.05) is 6.92 Å². The topological polar surface area (TPSA) is 26.1 Å². The Morgan fingerprint density at radius 3 is 2.53 bits per heavy atom. The van der Waals surface area contributed by atoms with Gasteiger partial charge in [-0.05, 0) is 18.6 Å². The monoisotopic (exact) mass is 245 g/mol. The zero-order valence-corrected chi connectivity index (χ0v) is 9.71. The van der Waals surface area contributed by atoms with Crippen molar-refractivity contribution < 1.29 is 17.9 Å². The summed E-state index contributed by atoms with van der Waals surface area (Å²) in [5.41, 5.74) is 0.315. The van der Waals surface area contributed by atoms with Gasteiger partial charge in [-0.25, -0.2) is 4.74 Å². The standard InChI is InChI=1S/C12H14F3NO/c1-3-16(17)9(2)7-10-5-4-6-11(8-10)12(13,14)15/h4-6,8H,3,7H2,1-2H3/b16-9+. The Morgan fingerprint density at radius 1 is 1.35 bits per heavy atom. The van der Waals surface area contributed by atoms with Gasteiger partial charge in [-0.2, -0.15) is 13.2 Å². The molecule has 0 bridgehead atoms. The number of rotatable bonds is 3. The van der Waals surface area contributed by atoms with Crippen molar-refractivity contribution in [1.82, 2.24) is 0 Å². The second kappa shape index (κ2) is 5.21. The highest BCUT2D eigenvalue weighted by Gasteiger charge is 2.30. The van der Waals surface area contributed by atoms with E-state index < -0.39 is 11.7 Å². The minimum absolute atomic E-state index is 0.237. The lowest BCUT2D eigenvalue weighted by molar-refractivity contribution is -0.454. The van der Waals surface area contributed by atoms with Gasteiger partial charge in [0.25, 0.3) is 0 Å². The summed E-state index contributed by atoms with van der Waals surface area (Å²) in [7, 11) is 0. The summed E-state index contributed by atoms with van der Waals surface area (Å²) in [6.07, 6.45) is -4.10. The average Bonchev–Trinajstić information content (AvgIpc) is 2.27. The molecule has 1 aromatic rings. The second-order valence-electron chi connectivity index (χ2n) is 3.80. The lowest BCUT2D eigenvalue weighted by Crippen LogP contribution is -2.15. The maximum Gasteiger partial charge on any atom is 0.416 e. The summed E-state index contributed by atoms with van der Waals surface area (Å²) in [6.45, 7) is 3.62. The molecular formula is C12H14F3NO. The molecule has 1 rings (SSSR count). The summed E-state index contributed by atoms with van der Waals surface area (Å²) in [5.74, 6) is 0. The molecule has 2 nitrogen and oxygen atoms in total. The predicted molar refractivity (Wildman–Crippen MR) is 60.0 cm³/mol. The molecule has 0 unspecified atom stereocenters. The van der Waals surface area contributed by atoms with E-state index in [1.54, 1.807) is 19.9 Å². The van der Waals surface area contributed by atoms with Crippen molar-refractivity contribution >= 4 is 5.71 Å². The van der Waals surface area contributed by atoms with Crippen LogP contribution in [0.5, 0.6) is 0 Å². The summed E-state index contributed by atoms with van der Waals surface area (Å²) in [6, 6.07) is 5.04. The van der Waals surface area contributed by atoms with Crippen molar-refractivity contribution in [3.63, 3.8) is 0 Å². The summed E-state index contributed by atoms with van der Waals surface area (Å²) >= 11 is 0. The molecule has 0 aromatic heterocycles. The molecule has 0 saturated carbocycles. The number of halogens is 3. The van der Waals surface area contributed by atoms with E-state index in [-0.39, 0.29) is 6.42 Å². The largest absolute Gasteiger partial charge is 0.624 e. The van der Waals surface area contributed by atoms with Crippen LogP contribution in [0.4, 0.5) is 13.2 Å². The highest BCUT2D eigenvalue weighted by molar-refractivity contribution is 5.79. The van der Waals surface area contributed by atoms with Gasteiger partial charge in [-0.3, -0.25) is 0 Å². The molecule has 94 valence electrons. The third-order valence-electron chi connectivity index (χ3n) is 2.43. The van der Waals surface area contributed by atoms with Gasteiger partial charge in [0.15, 0.2) is 12.3 Å². The Kier molecular flexibility index (Phi) is 4.15. The molecular weight excluding hydrogens is 231 g/mol. The van der Waals surface area contributed by atoms with Crippen molar-refractivity contribution in [2.75, 3.05) is 6.54 Å². The van der Waals surface area contributed by atoms with Crippen LogP contribution in [0.15, 0.2) is 24.3 Å². The first kappa shape index (κ1) is 13.5. The van der Waals surface area contributed by atoms with E-state index in [9.17, 15) is 18.4 Å². The highest BCUT2D eigenvalue weighted by Crippen LogP contribution is 2.29. The Balaban J connectivity index is 2.94. The molecule has 0 aliphatic carbocycles. The Bertz CT molecular complexity index is 424. The number of alkyl halides is 3. The van der Waals surface area contributed by atoms with Gasteiger partial charge in [-0.15, -0.1) is 0 Å². The molecule has 17 heavy (non-hydrogen) atoms. The van der Waals surface area contributed by atoms with Gasteiger partial charge < -0.3 is 5.21 Å². The molecule has 0 radical (unpaired) electrons. The first-order valence-corrected chi connectivity index (χ1v) is 5.27. The van der Waals surface area contributed by atoms with Gasteiger partial charge in [0.1, 0.15) is 0 Å². The Hall–Kier alpha value is -1.52. The lowest BCUT2D eigenvalue weighted by Gasteiger charge is -2.09. The van der Waals surface area contributed by atoms with Crippen LogP contribution in [0.1, 0.15) is 25.0 Å². The number of hydroxylamine groups is 1. The fraction of sp³-hybridized carbons (Fsp3) is 0.417. The Morgan fingerprint density at radius 2 is 2.00 bits per heavy atom. The number of hydrogen-bond donors (Lipinski definition) is 0. The van der Waals surface area contributed by atoms with E-state index in [4.69, 9.17) is 0 Å². The number of benzene rings is 1. The molecule has 0 aliphatic rings. The van der Waals surface area contributed by atoms with Crippen LogP contribution in [0.25, 0.3) is 0 Å². The molecule has 1 aromatic carbocycles. The van der Waals surface area contributed by atoms with Crippen LogP contribution in [-0.2, 0) is 12.6 Å². The Labute approximate surface area is 98.0 Å². The van der Waals surface area contributed by atoms with Crippen molar-refractivity contribution in [2.24, 2.45) is 0 Å². The fourth-order valence-corrected chi connectivity index (χ4v) is 1.51. The molecule has 0 spiro atoms. The van der Waals surface area contributed by atoms with E-state index in [0.717, 1.165) is 16.9 Å². The van der Waals surface area contributed by atoms with Crippen LogP contribution in [0.2, 0.25) is 0 Å². The van der Waals surface area contributed by atoms with E-state index >= 15 is 0 Å². The molecule has 5 heteroatoms. The number of nitrogens with zero attached hydrogens (tertiary/aromatic N) is 1. The van der Waals surface area contributed by atoms with Crippen LogP contribution < -0.4 is 0 Å². The van der Waals surface area contributed by atoms with Gasteiger partial charge in [-0.1, -0.05) is 18.2 Å². The molecule has 0 N–H and O–H groups in total. The van der Waals surface area contributed by atoms with Gasteiger partial charge in [0.2, 0.25) is 0 Å². The van der Waals surface area contributed by atoms with E-state index in [1.807, 2.05) is 0 Å². The fourth-order valence-electron chi connectivity index (χ4n) is 1.51. The van der Waals surface area contributed by atoms with Crippen molar-refractivity contribution in [3.8, 4) is 0 Å². The second-order valence-corrected chi connectivity index (χ2v) is 3.80. The molecule has 0 saturated heterocycles. The molecule has 0 amide bonds. The van der Waals surface area contributed by atoms with Crippen molar-refractivity contribution in [3.05, 3.63) is 40.6 Å². The third kappa shape index (κ3) is 3.76. The van der Waals surface area contributed by atoms with Gasteiger partial charge >= 0.3 is 6.18 Å². The first-order chi connectivity index (χ1) is 7.84. The average molecular weight is 245 g/mol. The maximum absolute atomic E-state index is 12.5. The summed E-state index contributed by atoms with van der Waals surface area (Å²) in [4.78, 5) is 0. The predicted octanol–water partition coefficient (Wildman–Crippen LogP) is 3.24. The highest BCUT2D eigenvalue weighted by atomic mass is 19.4. The SMILES string of the molecule is CC/[N+]([O-])=C(/C)Cc1cccc(C(F)(F)F)c1. The number of hydrogen-bond acceptors (Lipinski definition) is 1. The zero-order chi connectivity index (χ0) is 13.1. The van der Waals surface area contributed by atoms with Crippen LogP contribution >= 0.6 is 0 Å². The molecule has 0 aliphatic heterocycles. The van der Waals surface area contributed by atoms with Crippen LogP contribution in [0.3, 0.4) is 0 Å². The van der Waals surface area contributed by atoms with Crippen molar-refractivity contribution in [2.45, 2.75) is 26.4 Å². The third-order valence-corrected chi connectivity index (χ3v) is 2.43. The minimum Gasteiger partial charge on any atom is -0.624 e. The molecule has 0 fully saturated rings.